The summed E-state index contributed by atoms with van der Waals surface area (Å²) in [5.74, 6) is 0. The molecule has 4 nitrogen and oxygen atoms in total. The fraction of sp³-hybridized carbons (Fsp3) is 0.217. The molecule has 4 aromatic rings. The lowest BCUT2D eigenvalue weighted by Crippen LogP contribution is -3.00. The zero-order valence-corrected chi connectivity index (χ0v) is 21.4. The van der Waals surface area contributed by atoms with Gasteiger partial charge in [-0.25, -0.2) is 0 Å². The van der Waals surface area contributed by atoms with Crippen LogP contribution in [0.4, 0.5) is 0 Å². The van der Waals surface area contributed by atoms with Gasteiger partial charge in [-0.15, -0.1) is 0 Å². The summed E-state index contributed by atoms with van der Waals surface area (Å²) in [7, 11) is 0. The number of aromatic nitrogens is 2. The van der Waals surface area contributed by atoms with Gasteiger partial charge in [-0.3, -0.25) is 0 Å². The lowest BCUT2D eigenvalue weighted by atomic mass is 10.2. The normalized spacial score (nSPS) is 10.4. The molecule has 0 saturated carbocycles. The van der Waals surface area contributed by atoms with Gasteiger partial charge in [-0.2, -0.15) is 5.26 Å². The predicted molar refractivity (Wildman–Crippen MR) is 134 cm³/mol. The number of hydrogen-bond acceptors (Lipinski definition) is 2. The predicted octanol–water partition coefficient (Wildman–Crippen LogP) is 5.19. The van der Waals surface area contributed by atoms with Gasteiger partial charge in [-0.05, 0) is 68.3 Å². The average molecular weight is 531 g/mol. The van der Waals surface area contributed by atoms with E-state index in [4.69, 9.17) is 57.1 Å². The van der Waals surface area contributed by atoms with E-state index in [0.717, 1.165) is 32.9 Å². The van der Waals surface area contributed by atoms with Crippen molar-refractivity contribution < 1.29 is 13.8 Å². The van der Waals surface area contributed by atoms with E-state index >= 15 is 0 Å². The zero-order valence-electron chi connectivity index (χ0n) is 18.6. The Morgan fingerprint density at radius 3 is 1.78 bits per heavy atom. The molecule has 32 heavy (non-hydrogen) atoms. The van der Waals surface area contributed by atoms with Crippen molar-refractivity contribution in [2.75, 3.05) is 0 Å². The average Bonchev–Trinajstić information content (AvgIpc) is 3.09. The quantitative estimate of drug-likeness (QED) is 0.364. The molecule has 4 rings (SSSR count). The third-order valence-electron chi connectivity index (χ3n) is 5.02. The molecule has 1 N–H and O–H groups in total. The van der Waals surface area contributed by atoms with Gasteiger partial charge in [0.2, 0.25) is 0 Å². The Morgan fingerprint density at radius 1 is 0.906 bits per heavy atom. The minimum absolute atomic E-state index is 0. The first-order valence-corrected chi connectivity index (χ1v) is 11.0. The van der Waals surface area contributed by atoms with Gasteiger partial charge < -0.3 is 27.0 Å². The highest BCUT2D eigenvalue weighted by Gasteiger charge is 2.13. The van der Waals surface area contributed by atoms with E-state index in [2.05, 4.69) is 6.07 Å². The molecule has 2 aromatic heterocycles. The van der Waals surface area contributed by atoms with Gasteiger partial charge in [0.1, 0.15) is 16.9 Å². The van der Waals surface area contributed by atoms with E-state index in [1.165, 1.54) is 0 Å². The molecule has 0 aliphatic carbocycles. The largest absolute Gasteiger partial charge is 1.00 e. The molecule has 0 aliphatic heterocycles. The van der Waals surface area contributed by atoms with Crippen molar-refractivity contribution in [3.8, 4) is 6.07 Å². The van der Waals surface area contributed by atoms with Crippen LogP contribution in [0.1, 0.15) is 19.5 Å². The second kappa shape index (κ2) is 10.8. The van der Waals surface area contributed by atoms with Crippen LogP contribution >= 0.6 is 46.4 Å². The number of benzene rings is 2. The van der Waals surface area contributed by atoms with Crippen molar-refractivity contribution in [2.24, 2.45) is 0 Å². The molecular formula is C23H21Cl5N4. The second-order valence-corrected chi connectivity index (χ2v) is 8.85. The molecule has 0 amide bonds. The first-order chi connectivity index (χ1) is 14.6. The van der Waals surface area contributed by atoms with Gasteiger partial charge in [-0.1, -0.05) is 46.4 Å². The molecule has 0 saturated heterocycles. The number of nitriles is 1. The van der Waals surface area contributed by atoms with E-state index in [0.29, 0.717) is 32.6 Å². The Kier molecular flexibility index (Phi) is 8.93. The van der Waals surface area contributed by atoms with E-state index in [9.17, 15) is 0 Å². The van der Waals surface area contributed by atoms with Crippen molar-refractivity contribution in [1.29, 1.82) is 10.7 Å². The maximum absolute atomic E-state index is 8.71. The van der Waals surface area contributed by atoms with E-state index in [-0.39, 0.29) is 20.4 Å². The zero-order chi connectivity index (χ0) is 22.9. The number of rotatable bonds is 3. The van der Waals surface area contributed by atoms with Gasteiger partial charge in [0.25, 0.3) is 0 Å². The monoisotopic (exact) mass is 528 g/mol. The SMILES string of the molecule is CC(=N)Cn1c(Cl)c(C)c2cc(Cl)ccc21.Cc1c(Cl)n(CC#N)c2ccc(Cl)cc12.[Cl-].[H+]. The lowest BCUT2D eigenvalue weighted by Gasteiger charge is -2.05. The molecular weight excluding hydrogens is 510 g/mol. The fourth-order valence-electron chi connectivity index (χ4n) is 3.54. The highest BCUT2D eigenvalue weighted by atomic mass is 35.5. The number of nitrogens with zero attached hydrogens (tertiary/aromatic N) is 3. The summed E-state index contributed by atoms with van der Waals surface area (Å²) in [5.41, 5.74) is 4.53. The molecule has 0 bridgehead atoms. The van der Waals surface area contributed by atoms with Crippen molar-refractivity contribution in [3.63, 3.8) is 0 Å². The van der Waals surface area contributed by atoms with Crippen molar-refractivity contribution in [2.45, 2.75) is 33.9 Å². The lowest BCUT2D eigenvalue weighted by molar-refractivity contribution is -0.00000658. The van der Waals surface area contributed by atoms with E-state index < -0.39 is 0 Å². The van der Waals surface area contributed by atoms with Crippen LogP contribution in [0.25, 0.3) is 21.8 Å². The second-order valence-electron chi connectivity index (χ2n) is 7.27. The molecule has 0 fully saturated rings. The van der Waals surface area contributed by atoms with Gasteiger partial charge >= 0.3 is 1.43 Å². The summed E-state index contributed by atoms with van der Waals surface area (Å²) in [4.78, 5) is 0. The molecule has 0 atom stereocenters. The van der Waals surface area contributed by atoms with Crippen LogP contribution in [0.15, 0.2) is 36.4 Å². The number of nitrogens with one attached hydrogen (secondary N) is 1. The summed E-state index contributed by atoms with van der Waals surface area (Å²) >= 11 is 24.3. The Labute approximate surface area is 214 Å². The Morgan fingerprint density at radius 2 is 1.34 bits per heavy atom. The summed E-state index contributed by atoms with van der Waals surface area (Å²) in [6.45, 7) is 6.44. The molecule has 2 heterocycles. The highest BCUT2D eigenvalue weighted by Crippen LogP contribution is 2.32. The Hall–Kier alpha value is -1.87. The molecule has 0 aliphatic rings. The number of fused-ring (bicyclic) bond motifs is 2. The first kappa shape index (κ1) is 26.4. The number of halogens is 5. The molecule has 9 heteroatoms. The maximum atomic E-state index is 8.71. The molecule has 168 valence electrons. The van der Waals surface area contributed by atoms with Crippen LogP contribution in [0, 0.1) is 30.6 Å². The van der Waals surface area contributed by atoms with Crippen LogP contribution in [0.5, 0.6) is 0 Å². The summed E-state index contributed by atoms with van der Waals surface area (Å²) < 4.78 is 3.72. The summed E-state index contributed by atoms with van der Waals surface area (Å²) in [5, 5.41) is 21.0. The number of hydrogen-bond donors (Lipinski definition) is 1. The minimum atomic E-state index is 0. The third kappa shape index (κ3) is 5.20. The minimum Gasteiger partial charge on any atom is -1.00 e. The topological polar surface area (TPSA) is 57.5 Å². The molecule has 0 radical (unpaired) electrons. The summed E-state index contributed by atoms with van der Waals surface area (Å²) in [6.07, 6.45) is 0. The van der Waals surface area contributed by atoms with Gasteiger partial charge in [0.05, 0.1) is 18.1 Å². The molecule has 2 aromatic carbocycles. The van der Waals surface area contributed by atoms with Crippen LogP contribution in [-0.4, -0.2) is 14.8 Å². The van der Waals surface area contributed by atoms with E-state index in [1.807, 2.05) is 48.7 Å². The first-order valence-electron chi connectivity index (χ1n) is 9.44. The molecule has 0 spiro atoms. The van der Waals surface area contributed by atoms with E-state index in [1.54, 1.807) is 17.6 Å². The third-order valence-corrected chi connectivity index (χ3v) is 6.47. The smallest absolute Gasteiger partial charge is 1.00 e. The Bertz CT molecular complexity index is 1350. The van der Waals surface area contributed by atoms with Crippen LogP contribution in [-0.2, 0) is 13.1 Å². The van der Waals surface area contributed by atoms with Crippen molar-refractivity contribution in [3.05, 3.63) is 67.9 Å². The number of aryl methyl sites for hydroxylation is 2. The van der Waals surface area contributed by atoms with Crippen LogP contribution in [0.3, 0.4) is 0 Å². The van der Waals surface area contributed by atoms with Gasteiger partial charge in [0, 0.05) is 32.0 Å². The van der Waals surface area contributed by atoms with Crippen molar-refractivity contribution >= 4 is 73.9 Å². The van der Waals surface area contributed by atoms with Crippen LogP contribution in [0.2, 0.25) is 20.4 Å². The molecule has 0 unspecified atom stereocenters. The van der Waals surface area contributed by atoms with Crippen LogP contribution < -0.4 is 12.4 Å². The standard InChI is InChI=1S/C12H12Cl2N2.C11H8Cl2N2.ClH/c1-7(15)6-16-11-4-3-9(13)5-10(11)8(2)12(16)14;1-7-9-6-8(12)2-3-10(9)15(5-4-14)11(7)13;/h3-5,15H,6H2,1-2H3;2-3,6H,5H2,1H3;1H. The summed E-state index contributed by atoms with van der Waals surface area (Å²) in [6, 6.07) is 13.3. The maximum Gasteiger partial charge on any atom is 1.00 e. The van der Waals surface area contributed by atoms with Gasteiger partial charge in [0.15, 0.2) is 0 Å². The Balaban J connectivity index is 0.000000312. The fourth-order valence-corrected chi connectivity index (χ4v) is 4.39. The highest BCUT2D eigenvalue weighted by molar-refractivity contribution is 6.34. The van der Waals surface area contributed by atoms with Crippen molar-refractivity contribution in [1.82, 2.24) is 9.13 Å².